The Bertz CT molecular complexity index is 1580. The minimum absolute atomic E-state index is 0.0373. The van der Waals surface area contributed by atoms with Crippen molar-refractivity contribution in [1.82, 2.24) is 0 Å². The van der Waals surface area contributed by atoms with Crippen molar-refractivity contribution in [3.63, 3.8) is 0 Å². The zero-order valence-corrected chi connectivity index (χ0v) is 20.9. The SMILES string of the molecule is C=C(C)C(=O)Oc1ccc(-c2ccc3c(sc4c(OC(F)(F)F)c(OC(=O)C(=C)C)ccc43)c2C)cc1. The molecule has 0 N–H and O–H groups in total. The molecule has 3 aromatic carbocycles. The highest BCUT2D eigenvalue weighted by Gasteiger charge is 2.34. The standard InChI is InChI=1S/C28H21F3O5S/c1-14(2)26(32)34-18-8-6-17(7-9-18)19-10-11-20-21-12-13-22(35-27(33)15(3)4)23(36-28(29,30)31)25(21)37-24(20)16(19)5/h6-13H,1,3H2,2,4-5H3. The van der Waals surface area contributed by atoms with Gasteiger partial charge in [0, 0.05) is 26.6 Å². The van der Waals surface area contributed by atoms with Crippen molar-refractivity contribution in [3.8, 4) is 28.4 Å². The number of benzene rings is 3. The molecule has 1 heterocycles. The fourth-order valence-corrected chi connectivity index (χ4v) is 4.96. The van der Waals surface area contributed by atoms with E-state index in [-0.39, 0.29) is 21.6 Å². The number of thiophene rings is 1. The zero-order chi connectivity index (χ0) is 27.1. The van der Waals surface area contributed by atoms with Gasteiger partial charge in [0.05, 0.1) is 4.70 Å². The highest BCUT2D eigenvalue weighted by molar-refractivity contribution is 7.26. The molecule has 0 aliphatic heterocycles. The molecule has 0 radical (unpaired) electrons. The molecule has 190 valence electrons. The molecule has 9 heteroatoms. The second-order valence-electron chi connectivity index (χ2n) is 8.40. The van der Waals surface area contributed by atoms with E-state index in [1.807, 2.05) is 19.1 Å². The van der Waals surface area contributed by atoms with Crippen LogP contribution in [-0.4, -0.2) is 18.3 Å². The quantitative estimate of drug-likeness (QED) is 0.145. The third-order valence-electron chi connectivity index (χ3n) is 5.47. The van der Waals surface area contributed by atoms with Gasteiger partial charge in [0.25, 0.3) is 0 Å². The predicted molar refractivity (Wildman–Crippen MR) is 137 cm³/mol. The summed E-state index contributed by atoms with van der Waals surface area (Å²) in [5.74, 6) is -1.94. The summed E-state index contributed by atoms with van der Waals surface area (Å²) in [6.45, 7) is 11.8. The lowest BCUT2D eigenvalue weighted by atomic mass is 9.98. The van der Waals surface area contributed by atoms with Gasteiger partial charge in [0.1, 0.15) is 5.75 Å². The Hall–Kier alpha value is -4.11. The number of carbonyl (C=O) groups excluding carboxylic acids is 2. The van der Waals surface area contributed by atoms with Crippen LogP contribution in [0.3, 0.4) is 0 Å². The molecular weight excluding hydrogens is 505 g/mol. The first-order chi connectivity index (χ1) is 17.4. The first kappa shape index (κ1) is 26.0. The molecular formula is C28H21F3O5S. The Labute approximate surface area is 214 Å². The van der Waals surface area contributed by atoms with Gasteiger partial charge in [-0.05, 0) is 61.7 Å². The van der Waals surface area contributed by atoms with Gasteiger partial charge >= 0.3 is 18.3 Å². The summed E-state index contributed by atoms with van der Waals surface area (Å²) in [7, 11) is 0. The number of hydrogen-bond acceptors (Lipinski definition) is 6. The number of fused-ring (bicyclic) bond motifs is 3. The van der Waals surface area contributed by atoms with Crippen LogP contribution in [0.1, 0.15) is 19.4 Å². The van der Waals surface area contributed by atoms with Gasteiger partial charge in [-0.2, -0.15) is 0 Å². The molecule has 0 aliphatic carbocycles. The molecule has 37 heavy (non-hydrogen) atoms. The van der Waals surface area contributed by atoms with Gasteiger partial charge in [-0.25, -0.2) is 9.59 Å². The van der Waals surface area contributed by atoms with E-state index in [0.29, 0.717) is 11.1 Å². The van der Waals surface area contributed by atoms with Gasteiger partial charge in [-0.3, -0.25) is 0 Å². The summed E-state index contributed by atoms with van der Waals surface area (Å²) in [5.41, 5.74) is 2.83. The van der Waals surface area contributed by atoms with Crippen LogP contribution in [0.25, 0.3) is 31.3 Å². The Kier molecular flexibility index (Phi) is 6.84. The van der Waals surface area contributed by atoms with E-state index in [2.05, 4.69) is 17.9 Å². The van der Waals surface area contributed by atoms with Crippen LogP contribution in [-0.2, 0) is 9.59 Å². The molecule has 0 saturated carbocycles. The van der Waals surface area contributed by atoms with Crippen molar-refractivity contribution in [2.24, 2.45) is 0 Å². The van der Waals surface area contributed by atoms with Gasteiger partial charge in [0.2, 0.25) is 0 Å². The van der Waals surface area contributed by atoms with Crippen molar-refractivity contribution in [2.75, 3.05) is 0 Å². The number of ether oxygens (including phenoxy) is 3. The first-order valence-electron chi connectivity index (χ1n) is 11.0. The Morgan fingerprint density at radius 2 is 1.38 bits per heavy atom. The summed E-state index contributed by atoms with van der Waals surface area (Å²) in [5, 5.41) is 1.27. The van der Waals surface area contributed by atoms with Gasteiger partial charge in [-0.15, -0.1) is 24.5 Å². The molecule has 0 saturated heterocycles. The van der Waals surface area contributed by atoms with Crippen LogP contribution in [0.4, 0.5) is 13.2 Å². The lowest BCUT2D eigenvalue weighted by molar-refractivity contribution is -0.274. The summed E-state index contributed by atoms with van der Waals surface area (Å²) in [6.07, 6.45) is -5.00. The minimum atomic E-state index is -5.00. The topological polar surface area (TPSA) is 61.8 Å². The molecule has 0 amide bonds. The summed E-state index contributed by atoms with van der Waals surface area (Å²) >= 11 is 1.11. The van der Waals surface area contributed by atoms with Crippen molar-refractivity contribution < 1.29 is 37.0 Å². The highest BCUT2D eigenvalue weighted by Crippen LogP contribution is 2.48. The number of alkyl halides is 3. The number of aryl methyl sites for hydroxylation is 1. The summed E-state index contributed by atoms with van der Waals surface area (Å²) in [6, 6.07) is 13.5. The van der Waals surface area contributed by atoms with E-state index in [0.717, 1.165) is 38.1 Å². The van der Waals surface area contributed by atoms with Crippen molar-refractivity contribution in [3.05, 3.63) is 78.4 Å². The van der Waals surface area contributed by atoms with Crippen molar-refractivity contribution >= 4 is 43.4 Å². The molecule has 0 atom stereocenters. The lowest BCUT2D eigenvalue weighted by Crippen LogP contribution is -2.18. The van der Waals surface area contributed by atoms with Crippen LogP contribution < -0.4 is 14.2 Å². The van der Waals surface area contributed by atoms with Gasteiger partial charge in [-0.1, -0.05) is 37.4 Å². The van der Waals surface area contributed by atoms with Crippen LogP contribution in [0.5, 0.6) is 17.2 Å². The maximum Gasteiger partial charge on any atom is 0.573 e. The molecule has 5 nitrogen and oxygen atoms in total. The van der Waals surface area contributed by atoms with E-state index in [9.17, 15) is 22.8 Å². The minimum Gasteiger partial charge on any atom is -0.423 e. The maximum atomic E-state index is 13.3. The average molecular weight is 527 g/mol. The van der Waals surface area contributed by atoms with E-state index in [4.69, 9.17) is 9.47 Å². The van der Waals surface area contributed by atoms with Gasteiger partial charge < -0.3 is 14.2 Å². The fraction of sp³-hybridized carbons (Fsp3) is 0.143. The first-order valence-corrected chi connectivity index (χ1v) is 11.8. The van der Waals surface area contributed by atoms with Crippen LogP contribution >= 0.6 is 11.3 Å². The third kappa shape index (κ3) is 5.36. The molecule has 0 spiro atoms. The average Bonchev–Trinajstić information content (AvgIpc) is 3.20. The lowest BCUT2D eigenvalue weighted by Gasteiger charge is -2.14. The molecule has 4 aromatic rings. The number of hydrogen-bond donors (Lipinski definition) is 0. The third-order valence-corrected chi connectivity index (χ3v) is 6.81. The molecule has 0 aliphatic rings. The van der Waals surface area contributed by atoms with E-state index in [1.165, 1.54) is 13.0 Å². The molecule has 4 rings (SSSR count). The Balaban J connectivity index is 1.82. The van der Waals surface area contributed by atoms with Crippen molar-refractivity contribution in [1.29, 1.82) is 0 Å². The fourth-order valence-electron chi connectivity index (χ4n) is 3.68. The summed E-state index contributed by atoms with van der Waals surface area (Å²) in [4.78, 5) is 23.8. The Morgan fingerprint density at radius 1 is 0.811 bits per heavy atom. The normalized spacial score (nSPS) is 11.4. The maximum absolute atomic E-state index is 13.3. The Morgan fingerprint density at radius 3 is 1.97 bits per heavy atom. The number of halogens is 3. The summed E-state index contributed by atoms with van der Waals surface area (Å²) < 4.78 is 55.6. The molecule has 0 fully saturated rings. The van der Waals surface area contributed by atoms with E-state index < -0.39 is 24.1 Å². The number of carbonyl (C=O) groups is 2. The molecule has 0 bridgehead atoms. The van der Waals surface area contributed by atoms with Crippen LogP contribution in [0.15, 0.2) is 72.8 Å². The molecule has 1 aromatic heterocycles. The van der Waals surface area contributed by atoms with Gasteiger partial charge in [0.15, 0.2) is 11.5 Å². The molecule has 0 unspecified atom stereocenters. The van der Waals surface area contributed by atoms with Crippen LogP contribution in [0.2, 0.25) is 0 Å². The highest BCUT2D eigenvalue weighted by atomic mass is 32.1. The monoisotopic (exact) mass is 526 g/mol. The van der Waals surface area contributed by atoms with E-state index >= 15 is 0 Å². The largest absolute Gasteiger partial charge is 0.573 e. The predicted octanol–water partition coefficient (Wildman–Crippen LogP) is 7.89. The second-order valence-corrected chi connectivity index (χ2v) is 9.42. The smallest absolute Gasteiger partial charge is 0.423 e. The van der Waals surface area contributed by atoms with Crippen molar-refractivity contribution in [2.45, 2.75) is 27.1 Å². The zero-order valence-electron chi connectivity index (χ0n) is 20.1. The van der Waals surface area contributed by atoms with Crippen LogP contribution in [0, 0.1) is 6.92 Å². The van der Waals surface area contributed by atoms with E-state index in [1.54, 1.807) is 37.3 Å². The number of esters is 2. The number of rotatable bonds is 6. The second kappa shape index (κ2) is 9.74.